The molecule has 1 rings (SSSR count). The summed E-state index contributed by atoms with van der Waals surface area (Å²) in [6.07, 6.45) is 0. The highest BCUT2D eigenvalue weighted by molar-refractivity contribution is 9.09. The predicted octanol–water partition coefficient (Wildman–Crippen LogP) is 2.53. The number of amides is 1. The number of hydrogen-bond donors (Lipinski definition) is 1. The smallest absolute Gasteiger partial charge is 0.284 e. The Labute approximate surface area is 123 Å². The first kappa shape index (κ1) is 16.1. The van der Waals surface area contributed by atoms with Crippen LogP contribution >= 0.6 is 15.9 Å². The maximum Gasteiger partial charge on any atom is 0.284 e. The summed E-state index contributed by atoms with van der Waals surface area (Å²) in [6, 6.07) is 2.40. The zero-order chi connectivity index (χ0) is 15.3. The van der Waals surface area contributed by atoms with Crippen LogP contribution < -0.4 is 10.1 Å². The average molecular weight is 345 g/mol. The highest BCUT2D eigenvalue weighted by Crippen LogP contribution is 2.33. The summed E-state index contributed by atoms with van der Waals surface area (Å²) in [5.41, 5.74) is -0.208. The van der Waals surface area contributed by atoms with Crippen LogP contribution in [0.5, 0.6) is 5.75 Å². The van der Waals surface area contributed by atoms with E-state index in [1.807, 2.05) is 0 Å². The number of Topliss-reactive ketones (excluding diaryl/α,β-unsaturated/α-hetero) is 1. The molecule has 20 heavy (non-hydrogen) atoms. The third kappa shape index (κ3) is 3.77. The molecule has 0 spiro atoms. The molecule has 0 saturated carbocycles. The summed E-state index contributed by atoms with van der Waals surface area (Å²) in [7, 11) is 0. The molecular formula is C12H13BrN2O5. The van der Waals surface area contributed by atoms with E-state index in [1.54, 1.807) is 6.92 Å². The highest BCUT2D eigenvalue weighted by atomic mass is 79.9. The fourth-order valence-electron chi connectivity index (χ4n) is 1.58. The summed E-state index contributed by atoms with van der Waals surface area (Å²) in [6.45, 7) is 3.28. The molecular weight excluding hydrogens is 332 g/mol. The number of nitro groups is 1. The van der Waals surface area contributed by atoms with Gasteiger partial charge in [0.25, 0.3) is 5.69 Å². The molecule has 7 nitrogen and oxygen atoms in total. The van der Waals surface area contributed by atoms with E-state index >= 15 is 0 Å². The molecule has 0 aromatic heterocycles. The van der Waals surface area contributed by atoms with Crippen LogP contribution in [-0.4, -0.2) is 28.6 Å². The average Bonchev–Trinajstić information content (AvgIpc) is 2.38. The number of carbonyl (C=O) groups is 2. The summed E-state index contributed by atoms with van der Waals surface area (Å²) >= 11 is 2.97. The molecule has 8 heteroatoms. The number of ketones is 1. The van der Waals surface area contributed by atoms with E-state index in [0.29, 0.717) is 0 Å². The van der Waals surface area contributed by atoms with E-state index in [4.69, 9.17) is 4.74 Å². The molecule has 0 radical (unpaired) electrons. The van der Waals surface area contributed by atoms with Gasteiger partial charge in [0, 0.05) is 6.92 Å². The van der Waals surface area contributed by atoms with Crippen molar-refractivity contribution in [3.63, 3.8) is 0 Å². The lowest BCUT2D eigenvalue weighted by Gasteiger charge is -2.12. The van der Waals surface area contributed by atoms with Crippen LogP contribution in [0.2, 0.25) is 0 Å². The lowest BCUT2D eigenvalue weighted by atomic mass is 10.1. The normalized spacial score (nSPS) is 9.95. The number of alkyl halides is 1. The summed E-state index contributed by atoms with van der Waals surface area (Å²) in [4.78, 5) is 33.3. The third-order valence-electron chi connectivity index (χ3n) is 2.33. The van der Waals surface area contributed by atoms with Gasteiger partial charge in [-0.1, -0.05) is 15.9 Å². The van der Waals surface area contributed by atoms with E-state index in [2.05, 4.69) is 21.2 Å². The van der Waals surface area contributed by atoms with Gasteiger partial charge in [0.05, 0.1) is 34.2 Å². The Morgan fingerprint density at radius 1 is 1.45 bits per heavy atom. The van der Waals surface area contributed by atoms with Gasteiger partial charge in [-0.25, -0.2) is 0 Å². The molecule has 1 amide bonds. The van der Waals surface area contributed by atoms with Gasteiger partial charge in [0.1, 0.15) is 5.75 Å². The van der Waals surface area contributed by atoms with E-state index in [9.17, 15) is 19.7 Å². The largest absolute Gasteiger partial charge is 0.491 e. The number of benzene rings is 1. The Bertz CT molecular complexity index is 559. The Morgan fingerprint density at radius 2 is 2.10 bits per heavy atom. The molecule has 1 aromatic carbocycles. The van der Waals surface area contributed by atoms with Crippen LogP contribution in [0, 0.1) is 10.1 Å². The van der Waals surface area contributed by atoms with Crippen LogP contribution in [-0.2, 0) is 4.79 Å². The number of anilines is 1. The molecule has 0 aliphatic rings. The molecule has 0 bridgehead atoms. The second-order valence-corrected chi connectivity index (χ2v) is 4.35. The summed E-state index contributed by atoms with van der Waals surface area (Å²) in [5, 5.41) is 13.5. The van der Waals surface area contributed by atoms with Crippen molar-refractivity contribution in [2.24, 2.45) is 0 Å². The molecule has 0 unspecified atom stereocenters. The van der Waals surface area contributed by atoms with Gasteiger partial charge in [-0.05, 0) is 13.0 Å². The van der Waals surface area contributed by atoms with Gasteiger partial charge in [0.2, 0.25) is 5.91 Å². The van der Waals surface area contributed by atoms with Gasteiger partial charge in [-0.2, -0.15) is 0 Å². The van der Waals surface area contributed by atoms with E-state index in [-0.39, 0.29) is 40.5 Å². The topological polar surface area (TPSA) is 98.5 Å². The minimum absolute atomic E-state index is 0.0542. The van der Waals surface area contributed by atoms with Crippen molar-refractivity contribution in [3.05, 3.63) is 27.8 Å². The van der Waals surface area contributed by atoms with Crippen molar-refractivity contribution < 1.29 is 19.2 Å². The molecule has 0 heterocycles. The van der Waals surface area contributed by atoms with Crippen LogP contribution in [0.3, 0.4) is 0 Å². The molecule has 1 N–H and O–H groups in total. The second kappa shape index (κ2) is 6.99. The number of nitrogens with zero attached hydrogens (tertiary/aromatic N) is 1. The third-order valence-corrected chi connectivity index (χ3v) is 2.84. The lowest BCUT2D eigenvalue weighted by molar-refractivity contribution is -0.385. The Kier molecular flexibility index (Phi) is 5.63. The Hall–Kier alpha value is -1.96. The van der Waals surface area contributed by atoms with Crippen molar-refractivity contribution in [1.29, 1.82) is 0 Å². The van der Waals surface area contributed by atoms with Crippen molar-refractivity contribution >= 4 is 39.0 Å². The fourth-order valence-corrected chi connectivity index (χ4v) is 1.88. The predicted molar refractivity (Wildman–Crippen MR) is 76.7 cm³/mol. The van der Waals surface area contributed by atoms with Crippen molar-refractivity contribution in [2.75, 3.05) is 17.3 Å². The van der Waals surface area contributed by atoms with E-state index in [0.717, 1.165) is 6.07 Å². The molecule has 0 atom stereocenters. The number of halogens is 1. The second-order valence-electron chi connectivity index (χ2n) is 3.79. The maximum atomic E-state index is 11.7. The monoisotopic (exact) mass is 344 g/mol. The zero-order valence-electron chi connectivity index (χ0n) is 10.9. The van der Waals surface area contributed by atoms with Crippen LogP contribution in [0.15, 0.2) is 12.1 Å². The number of ether oxygens (including phenoxy) is 1. The molecule has 1 aromatic rings. The number of hydrogen-bond acceptors (Lipinski definition) is 5. The minimum atomic E-state index is -0.657. The number of nitrogens with one attached hydrogen (secondary N) is 1. The molecule has 0 aliphatic carbocycles. The van der Waals surface area contributed by atoms with Crippen LogP contribution in [0.25, 0.3) is 0 Å². The van der Waals surface area contributed by atoms with Gasteiger partial charge < -0.3 is 10.1 Å². The number of nitro benzene ring substituents is 1. The van der Waals surface area contributed by atoms with E-state index in [1.165, 1.54) is 13.0 Å². The molecule has 0 saturated heterocycles. The standard InChI is InChI=1S/C12H13BrN2O5/c1-3-20-12-5-10(15(18)19)8(11(17)6-13)4-9(12)14-7(2)16/h4-5H,3,6H2,1-2H3,(H,14,16). The Morgan fingerprint density at radius 3 is 2.55 bits per heavy atom. The van der Waals surface area contributed by atoms with Gasteiger partial charge in [-0.3, -0.25) is 19.7 Å². The summed E-state index contributed by atoms with van der Waals surface area (Å²) in [5.74, 6) is -0.663. The molecule has 0 aliphatic heterocycles. The first-order valence-corrected chi connectivity index (χ1v) is 6.84. The minimum Gasteiger partial charge on any atom is -0.491 e. The van der Waals surface area contributed by atoms with Crippen molar-refractivity contribution in [1.82, 2.24) is 0 Å². The first-order valence-electron chi connectivity index (χ1n) is 5.72. The van der Waals surface area contributed by atoms with Crippen molar-refractivity contribution in [2.45, 2.75) is 13.8 Å². The lowest BCUT2D eigenvalue weighted by Crippen LogP contribution is -2.11. The van der Waals surface area contributed by atoms with Crippen LogP contribution in [0.4, 0.5) is 11.4 Å². The molecule has 0 fully saturated rings. The quantitative estimate of drug-likeness (QED) is 0.370. The Balaban J connectivity index is 3.46. The molecule has 108 valence electrons. The zero-order valence-corrected chi connectivity index (χ0v) is 12.5. The number of carbonyl (C=O) groups excluding carboxylic acids is 2. The van der Waals surface area contributed by atoms with Crippen molar-refractivity contribution in [3.8, 4) is 5.75 Å². The highest BCUT2D eigenvalue weighted by Gasteiger charge is 2.23. The van der Waals surface area contributed by atoms with E-state index < -0.39 is 10.7 Å². The van der Waals surface area contributed by atoms with Crippen LogP contribution in [0.1, 0.15) is 24.2 Å². The number of rotatable bonds is 6. The van der Waals surface area contributed by atoms with Gasteiger partial charge >= 0.3 is 0 Å². The summed E-state index contributed by atoms with van der Waals surface area (Å²) < 4.78 is 5.25. The van der Waals surface area contributed by atoms with Gasteiger partial charge in [-0.15, -0.1) is 0 Å². The van der Waals surface area contributed by atoms with Gasteiger partial charge in [0.15, 0.2) is 5.78 Å². The maximum absolute atomic E-state index is 11.7. The fraction of sp³-hybridized carbons (Fsp3) is 0.333. The SMILES string of the molecule is CCOc1cc([N+](=O)[O-])c(C(=O)CBr)cc1NC(C)=O. The first-order chi connectivity index (χ1) is 9.40.